The lowest BCUT2D eigenvalue weighted by molar-refractivity contribution is -0.149. The summed E-state index contributed by atoms with van der Waals surface area (Å²) < 4.78 is 11.4. The monoisotopic (exact) mass is 347 g/mol. The van der Waals surface area contributed by atoms with Crippen LogP contribution in [0.2, 0.25) is 0 Å². The number of amides is 1. The molecular weight excluding hydrogens is 318 g/mol. The minimum absolute atomic E-state index is 0.0336. The highest BCUT2D eigenvalue weighted by molar-refractivity contribution is 5.85. The second-order valence-electron chi connectivity index (χ2n) is 7.47. The molecule has 2 aliphatic heterocycles. The van der Waals surface area contributed by atoms with Gasteiger partial charge in [0.2, 0.25) is 0 Å². The Labute approximate surface area is 150 Å². The summed E-state index contributed by atoms with van der Waals surface area (Å²) in [6.45, 7) is 9.34. The highest BCUT2D eigenvalue weighted by Gasteiger charge is 2.39. The van der Waals surface area contributed by atoms with Gasteiger partial charge in [0.15, 0.2) is 17.1 Å². The number of rotatable bonds is 4. The third kappa shape index (κ3) is 3.90. The van der Waals surface area contributed by atoms with Crippen LogP contribution in [0.25, 0.3) is 0 Å². The first-order valence-electron chi connectivity index (χ1n) is 8.94. The van der Waals surface area contributed by atoms with Crippen molar-refractivity contribution in [3.63, 3.8) is 0 Å². The van der Waals surface area contributed by atoms with Crippen LogP contribution < -0.4 is 9.47 Å². The van der Waals surface area contributed by atoms with E-state index >= 15 is 0 Å². The normalized spacial score (nSPS) is 22.4. The molecule has 1 aromatic carbocycles. The molecule has 6 heteroatoms. The average Bonchev–Trinajstić information content (AvgIpc) is 2.60. The predicted molar refractivity (Wildman–Crippen MR) is 97.1 cm³/mol. The van der Waals surface area contributed by atoms with Gasteiger partial charge < -0.3 is 19.3 Å². The Bertz CT molecular complexity index is 620. The predicted octanol–water partition coefficient (Wildman–Crippen LogP) is 1.31. The van der Waals surface area contributed by atoms with E-state index in [1.54, 1.807) is 7.11 Å². The summed E-state index contributed by atoms with van der Waals surface area (Å²) in [6, 6.07) is 7.86. The number of fused-ring (bicyclic) bond motifs is 1. The van der Waals surface area contributed by atoms with Gasteiger partial charge in [-0.2, -0.15) is 0 Å². The summed E-state index contributed by atoms with van der Waals surface area (Å²) in [7, 11) is 3.75. The molecule has 0 unspecified atom stereocenters. The molecular formula is C19H29N3O3. The summed E-state index contributed by atoms with van der Waals surface area (Å²) in [6.07, 6.45) is 0. The Balaban J connectivity index is 1.68. The zero-order chi connectivity index (χ0) is 18.0. The van der Waals surface area contributed by atoms with Crippen molar-refractivity contribution in [1.29, 1.82) is 0 Å². The number of ether oxygens (including phenoxy) is 2. The topological polar surface area (TPSA) is 45.3 Å². The number of methoxy groups -OCH3 is 1. The molecule has 2 saturated heterocycles. The molecule has 1 amide bonds. The van der Waals surface area contributed by atoms with E-state index in [0.717, 1.165) is 39.3 Å². The van der Waals surface area contributed by atoms with Crippen LogP contribution in [-0.4, -0.2) is 85.7 Å². The SMILES string of the molecule is COc1ccccc1OC(C)(C)C(=O)N1CCN2CCN(C)C[C@@H]2C1. The van der Waals surface area contributed by atoms with Crippen molar-refractivity contribution in [3.8, 4) is 11.5 Å². The average molecular weight is 347 g/mol. The fraction of sp³-hybridized carbons (Fsp3) is 0.632. The summed E-state index contributed by atoms with van der Waals surface area (Å²) in [4.78, 5) is 19.9. The highest BCUT2D eigenvalue weighted by Crippen LogP contribution is 2.30. The first kappa shape index (κ1) is 18.0. The molecule has 0 radical (unpaired) electrons. The number of para-hydroxylation sites is 2. The van der Waals surface area contributed by atoms with E-state index in [1.807, 2.05) is 43.0 Å². The van der Waals surface area contributed by atoms with Gasteiger partial charge in [0.05, 0.1) is 7.11 Å². The van der Waals surface area contributed by atoms with E-state index in [-0.39, 0.29) is 5.91 Å². The van der Waals surface area contributed by atoms with Crippen LogP contribution in [0.3, 0.4) is 0 Å². The van der Waals surface area contributed by atoms with Crippen molar-refractivity contribution in [2.45, 2.75) is 25.5 Å². The van der Waals surface area contributed by atoms with Gasteiger partial charge in [-0.25, -0.2) is 0 Å². The summed E-state index contributed by atoms with van der Waals surface area (Å²) in [5.41, 5.74) is -0.933. The van der Waals surface area contributed by atoms with E-state index in [2.05, 4.69) is 16.8 Å². The van der Waals surface area contributed by atoms with Gasteiger partial charge in [0, 0.05) is 45.3 Å². The van der Waals surface area contributed by atoms with Gasteiger partial charge in [-0.05, 0) is 33.0 Å². The number of nitrogens with zero attached hydrogens (tertiary/aromatic N) is 3. The van der Waals surface area contributed by atoms with Crippen LogP contribution in [0.4, 0.5) is 0 Å². The van der Waals surface area contributed by atoms with Gasteiger partial charge in [0.25, 0.3) is 5.91 Å². The summed E-state index contributed by atoms with van der Waals surface area (Å²) in [5.74, 6) is 1.27. The lowest BCUT2D eigenvalue weighted by Gasteiger charge is -2.47. The number of carbonyl (C=O) groups is 1. The molecule has 1 atom stereocenters. The molecule has 0 spiro atoms. The van der Waals surface area contributed by atoms with Crippen LogP contribution in [0.1, 0.15) is 13.8 Å². The van der Waals surface area contributed by atoms with Crippen LogP contribution in [0.5, 0.6) is 11.5 Å². The number of benzene rings is 1. The molecule has 0 bridgehead atoms. The standard InChI is InChI=1S/C19H29N3O3/c1-19(2,25-17-8-6-5-7-16(17)24-4)18(23)22-12-11-21-10-9-20(3)13-15(21)14-22/h5-8,15H,9-14H2,1-4H3/t15-/m1/s1. The molecule has 25 heavy (non-hydrogen) atoms. The van der Waals surface area contributed by atoms with Crippen LogP contribution in [-0.2, 0) is 4.79 Å². The third-order valence-corrected chi connectivity index (χ3v) is 5.13. The van der Waals surface area contributed by atoms with Crippen LogP contribution in [0, 0.1) is 0 Å². The maximum Gasteiger partial charge on any atom is 0.266 e. The molecule has 138 valence electrons. The number of likely N-dealkylation sites (N-methyl/N-ethyl adjacent to an activating group) is 1. The zero-order valence-corrected chi connectivity index (χ0v) is 15.7. The smallest absolute Gasteiger partial charge is 0.266 e. The molecule has 0 aliphatic carbocycles. The third-order valence-electron chi connectivity index (χ3n) is 5.13. The Morgan fingerprint density at radius 1 is 1.08 bits per heavy atom. The Hall–Kier alpha value is -1.79. The molecule has 6 nitrogen and oxygen atoms in total. The van der Waals surface area contributed by atoms with Crippen molar-refractivity contribution in [1.82, 2.24) is 14.7 Å². The Kier molecular flexibility index (Phi) is 5.20. The second kappa shape index (κ2) is 7.22. The molecule has 1 aromatic rings. The zero-order valence-electron chi connectivity index (χ0n) is 15.7. The fourth-order valence-corrected chi connectivity index (χ4v) is 3.70. The minimum Gasteiger partial charge on any atom is -0.493 e. The highest BCUT2D eigenvalue weighted by atomic mass is 16.5. The first-order chi connectivity index (χ1) is 11.9. The van der Waals surface area contributed by atoms with E-state index in [9.17, 15) is 4.79 Å². The van der Waals surface area contributed by atoms with E-state index < -0.39 is 5.60 Å². The van der Waals surface area contributed by atoms with Gasteiger partial charge in [0.1, 0.15) is 0 Å². The lowest BCUT2D eigenvalue weighted by atomic mass is 10.0. The van der Waals surface area contributed by atoms with E-state index in [0.29, 0.717) is 17.5 Å². The molecule has 0 N–H and O–H groups in total. The Morgan fingerprint density at radius 3 is 2.48 bits per heavy atom. The van der Waals surface area contributed by atoms with Gasteiger partial charge in [-0.3, -0.25) is 9.69 Å². The minimum atomic E-state index is -0.933. The summed E-state index contributed by atoms with van der Waals surface area (Å²) in [5, 5.41) is 0. The van der Waals surface area contributed by atoms with Crippen LogP contribution >= 0.6 is 0 Å². The van der Waals surface area contributed by atoms with E-state index in [1.165, 1.54) is 0 Å². The van der Waals surface area contributed by atoms with Crippen molar-refractivity contribution in [2.24, 2.45) is 0 Å². The van der Waals surface area contributed by atoms with Crippen molar-refractivity contribution < 1.29 is 14.3 Å². The quantitative estimate of drug-likeness (QED) is 0.822. The number of hydrogen-bond donors (Lipinski definition) is 0. The molecule has 0 aromatic heterocycles. The maximum atomic E-state index is 13.1. The molecule has 3 rings (SSSR count). The maximum absolute atomic E-state index is 13.1. The first-order valence-corrected chi connectivity index (χ1v) is 8.94. The number of carbonyl (C=O) groups excluding carboxylic acids is 1. The molecule has 2 heterocycles. The van der Waals surface area contributed by atoms with E-state index in [4.69, 9.17) is 9.47 Å². The van der Waals surface area contributed by atoms with Crippen molar-refractivity contribution in [3.05, 3.63) is 24.3 Å². The van der Waals surface area contributed by atoms with Gasteiger partial charge >= 0.3 is 0 Å². The Morgan fingerprint density at radius 2 is 1.76 bits per heavy atom. The van der Waals surface area contributed by atoms with Crippen LogP contribution in [0.15, 0.2) is 24.3 Å². The molecule has 2 aliphatic rings. The summed E-state index contributed by atoms with van der Waals surface area (Å²) >= 11 is 0. The molecule has 0 saturated carbocycles. The fourth-order valence-electron chi connectivity index (χ4n) is 3.70. The van der Waals surface area contributed by atoms with Gasteiger partial charge in [-0.15, -0.1) is 0 Å². The number of piperazine rings is 2. The lowest BCUT2D eigenvalue weighted by Crippen LogP contribution is -2.64. The largest absolute Gasteiger partial charge is 0.493 e. The van der Waals surface area contributed by atoms with Gasteiger partial charge in [-0.1, -0.05) is 12.1 Å². The van der Waals surface area contributed by atoms with Crippen molar-refractivity contribution >= 4 is 5.91 Å². The second-order valence-corrected chi connectivity index (χ2v) is 7.47. The van der Waals surface area contributed by atoms with Crippen molar-refractivity contribution in [2.75, 3.05) is 53.4 Å². The molecule has 2 fully saturated rings. The number of hydrogen-bond acceptors (Lipinski definition) is 5.